The molecule has 20 heavy (non-hydrogen) atoms. The molecule has 2 aliphatic heterocycles. The van der Waals surface area contributed by atoms with Crippen molar-refractivity contribution in [2.45, 2.75) is 30.7 Å². The maximum absolute atomic E-state index is 10.5. The molecule has 2 heterocycles. The lowest BCUT2D eigenvalue weighted by molar-refractivity contribution is -0.264. The lowest BCUT2D eigenvalue weighted by Gasteiger charge is -2.39. The second-order valence-corrected chi connectivity index (χ2v) is 5.02. The summed E-state index contributed by atoms with van der Waals surface area (Å²) in [6.45, 7) is -3.20. The molecule has 2 fully saturated rings. The average Bonchev–Trinajstić information content (AvgIpc) is 2.83. The SMILES string of the molecule is OCC1OC(O)[C@@H](O)[C@H]2O[B-](O)(c3ccccc3)O[C@H]12. The Morgan fingerprint density at radius 1 is 1.05 bits per heavy atom. The third kappa shape index (κ3) is 2.15. The van der Waals surface area contributed by atoms with Gasteiger partial charge in [0.1, 0.15) is 12.2 Å². The Morgan fingerprint density at radius 3 is 2.35 bits per heavy atom. The summed E-state index contributed by atoms with van der Waals surface area (Å²) in [5, 5.41) is 39.2. The number of hydrogen-bond acceptors (Lipinski definition) is 7. The Balaban J connectivity index is 1.90. The second-order valence-electron chi connectivity index (χ2n) is 5.02. The van der Waals surface area contributed by atoms with Crippen LogP contribution in [0.1, 0.15) is 0 Å². The monoisotopic (exact) mass is 283 g/mol. The predicted octanol–water partition coefficient (Wildman–Crippen LogP) is -2.32. The van der Waals surface area contributed by atoms with E-state index in [9.17, 15) is 20.3 Å². The lowest BCUT2D eigenvalue weighted by Crippen LogP contribution is -2.57. The number of rotatable bonds is 2. The molecule has 110 valence electrons. The topological polar surface area (TPSA) is 109 Å². The minimum Gasteiger partial charge on any atom is -0.555 e. The highest BCUT2D eigenvalue weighted by Crippen LogP contribution is 2.33. The first-order chi connectivity index (χ1) is 9.55. The van der Waals surface area contributed by atoms with Crippen LogP contribution in [0.15, 0.2) is 30.3 Å². The highest BCUT2D eigenvalue weighted by atomic mass is 16.8. The van der Waals surface area contributed by atoms with Gasteiger partial charge in [-0.05, 0) is 0 Å². The maximum atomic E-state index is 10.5. The van der Waals surface area contributed by atoms with Gasteiger partial charge in [-0.3, -0.25) is 0 Å². The van der Waals surface area contributed by atoms with Crippen molar-refractivity contribution in [3.63, 3.8) is 0 Å². The smallest absolute Gasteiger partial charge is 0.407 e. The van der Waals surface area contributed by atoms with E-state index in [0.717, 1.165) is 0 Å². The molecule has 7 nitrogen and oxygen atoms in total. The summed E-state index contributed by atoms with van der Waals surface area (Å²) >= 11 is 0. The van der Waals surface area contributed by atoms with Crippen LogP contribution in [0.5, 0.6) is 0 Å². The Morgan fingerprint density at radius 2 is 1.70 bits per heavy atom. The van der Waals surface area contributed by atoms with Gasteiger partial charge < -0.3 is 34.4 Å². The Kier molecular flexibility index (Phi) is 3.55. The molecule has 6 atom stereocenters. The third-order valence-corrected chi connectivity index (χ3v) is 3.72. The quantitative estimate of drug-likeness (QED) is 0.451. The largest absolute Gasteiger partial charge is 0.555 e. The van der Waals surface area contributed by atoms with Crippen LogP contribution < -0.4 is 5.46 Å². The molecule has 1 aromatic rings. The molecule has 0 saturated carbocycles. The van der Waals surface area contributed by atoms with E-state index in [-0.39, 0.29) is 0 Å². The van der Waals surface area contributed by atoms with E-state index in [0.29, 0.717) is 5.46 Å². The van der Waals surface area contributed by atoms with Crippen molar-refractivity contribution in [2.75, 3.05) is 6.61 Å². The molecule has 0 aromatic heterocycles. The van der Waals surface area contributed by atoms with E-state index >= 15 is 0 Å². The van der Waals surface area contributed by atoms with Gasteiger partial charge in [-0.2, -0.15) is 0 Å². The van der Waals surface area contributed by atoms with Crippen molar-refractivity contribution in [1.82, 2.24) is 0 Å². The van der Waals surface area contributed by atoms with Crippen LogP contribution in [0.3, 0.4) is 0 Å². The summed E-state index contributed by atoms with van der Waals surface area (Å²) < 4.78 is 16.0. The minimum absolute atomic E-state index is 0.417. The summed E-state index contributed by atoms with van der Waals surface area (Å²) in [4.78, 5) is 0. The van der Waals surface area contributed by atoms with Gasteiger partial charge in [0.05, 0.1) is 18.8 Å². The Bertz CT molecular complexity index is 464. The van der Waals surface area contributed by atoms with Crippen molar-refractivity contribution in [1.29, 1.82) is 0 Å². The van der Waals surface area contributed by atoms with Crippen LogP contribution in [-0.2, 0) is 14.0 Å². The third-order valence-electron chi connectivity index (χ3n) is 3.72. The van der Waals surface area contributed by atoms with Gasteiger partial charge in [0.15, 0.2) is 6.29 Å². The molecule has 0 aliphatic carbocycles. The number of ether oxygens (including phenoxy) is 1. The van der Waals surface area contributed by atoms with Gasteiger partial charge >= 0.3 is 6.75 Å². The van der Waals surface area contributed by atoms with Crippen LogP contribution in [0.4, 0.5) is 0 Å². The molecule has 0 amide bonds. The molecule has 0 radical (unpaired) electrons. The highest BCUT2D eigenvalue weighted by molar-refractivity contribution is 6.74. The molecule has 3 rings (SSSR count). The summed E-state index contributed by atoms with van der Waals surface area (Å²) in [6.07, 6.45) is -5.56. The molecule has 3 unspecified atom stereocenters. The van der Waals surface area contributed by atoms with Crippen molar-refractivity contribution < 1.29 is 34.4 Å². The van der Waals surface area contributed by atoms with Crippen LogP contribution in [0, 0.1) is 0 Å². The van der Waals surface area contributed by atoms with Crippen molar-refractivity contribution in [3.8, 4) is 0 Å². The van der Waals surface area contributed by atoms with Gasteiger partial charge in [-0.25, -0.2) is 0 Å². The van der Waals surface area contributed by atoms with E-state index < -0.39 is 44.1 Å². The molecule has 4 N–H and O–H groups in total. The molecular formula is C12H16BO7-. The normalized spacial score (nSPS) is 44.3. The summed E-state index contributed by atoms with van der Waals surface area (Å²) in [5.74, 6) is 0. The highest BCUT2D eigenvalue weighted by Gasteiger charge is 2.53. The lowest BCUT2D eigenvalue weighted by atomic mass is 9.70. The Labute approximate surface area is 115 Å². The van der Waals surface area contributed by atoms with Crippen LogP contribution in [-0.4, -0.2) is 64.4 Å². The molecule has 8 heteroatoms. The van der Waals surface area contributed by atoms with Crippen LogP contribution in [0.2, 0.25) is 0 Å². The van der Waals surface area contributed by atoms with E-state index in [1.165, 1.54) is 0 Å². The number of hydrogen-bond donors (Lipinski definition) is 4. The van der Waals surface area contributed by atoms with Crippen molar-refractivity contribution >= 4 is 12.2 Å². The first kappa shape index (κ1) is 14.0. The van der Waals surface area contributed by atoms with E-state index in [4.69, 9.17) is 14.0 Å². The predicted molar refractivity (Wildman–Crippen MR) is 67.8 cm³/mol. The zero-order valence-electron chi connectivity index (χ0n) is 10.6. The van der Waals surface area contributed by atoms with Gasteiger partial charge in [0, 0.05) is 0 Å². The standard InChI is InChI=1S/C12H16BO7/c14-6-8-10-11(9(15)12(16)18-8)20-13(17,19-10)7-4-2-1-3-5-7/h1-5,8-12,14-17H,6H2/q-1/t8?,9-,10+,11+,12?,13?/m0/s1. The summed E-state index contributed by atoms with van der Waals surface area (Å²) in [6, 6.07) is 8.48. The fourth-order valence-electron chi connectivity index (χ4n) is 2.69. The van der Waals surface area contributed by atoms with E-state index in [1.54, 1.807) is 30.3 Å². The summed E-state index contributed by atoms with van der Waals surface area (Å²) in [5.41, 5.74) is 0.417. The number of fused-ring (bicyclic) bond motifs is 1. The minimum atomic E-state index is -2.78. The molecule has 1 aromatic carbocycles. The first-order valence-corrected chi connectivity index (χ1v) is 6.45. The second kappa shape index (κ2) is 5.08. The fraction of sp³-hybridized carbons (Fsp3) is 0.500. The maximum Gasteiger partial charge on any atom is 0.407 e. The average molecular weight is 283 g/mol. The van der Waals surface area contributed by atoms with Gasteiger partial charge in [-0.15, -0.1) is 5.46 Å². The van der Waals surface area contributed by atoms with Gasteiger partial charge in [0.25, 0.3) is 0 Å². The molecule has 0 bridgehead atoms. The summed E-state index contributed by atoms with van der Waals surface area (Å²) in [7, 11) is 0. The Hall–Kier alpha value is -0.995. The molecule has 2 saturated heterocycles. The van der Waals surface area contributed by atoms with E-state index in [1.807, 2.05) is 0 Å². The van der Waals surface area contributed by atoms with Crippen LogP contribution >= 0.6 is 0 Å². The first-order valence-electron chi connectivity index (χ1n) is 6.45. The molecule has 2 aliphatic rings. The fourth-order valence-corrected chi connectivity index (χ4v) is 2.69. The number of aliphatic hydroxyl groups excluding tert-OH is 3. The van der Waals surface area contributed by atoms with Crippen molar-refractivity contribution in [2.24, 2.45) is 0 Å². The zero-order valence-corrected chi connectivity index (χ0v) is 10.6. The number of aliphatic hydroxyl groups is 3. The zero-order chi connectivity index (χ0) is 14.3. The van der Waals surface area contributed by atoms with Gasteiger partial charge in [-0.1, -0.05) is 30.3 Å². The van der Waals surface area contributed by atoms with Crippen molar-refractivity contribution in [3.05, 3.63) is 30.3 Å². The van der Waals surface area contributed by atoms with Gasteiger partial charge in [0.2, 0.25) is 0 Å². The van der Waals surface area contributed by atoms with Crippen LogP contribution in [0.25, 0.3) is 0 Å². The number of benzene rings is 1. The van der Waals surface area contributed by atoms with E-state index in [2.05, 4.69) is 0 Å². The molecular weight excluding hydrogens is 267 g/mol. The molecule has 0 spiro atoms.